The van der Waals surface area contributed by atoms with Crippen LogP contribution in [0.3, 0.4) is 0 Å². The molecule has 1 fully saturated rings. The van der Waals surface area contributed by atoms with Crippen LogP contribution < -0.4 is 0 Å². The molecule has 2 aliphatic rings. The van der Waals surface area contributed by atoms with Crippen molar-refractivity contribution in [3.63, 3.8) is 0 Å². The van der Waals surface area contributed by atoms with Gasteiger partial charge in [0.05, 0.1) is 4.92 Å². The van der Waals surface area contributed by atoms with E-state index in [1.165, 1.54) is 18.4 Å². The van der Waals surface area contributed by atoms with Crippen molar-refractivity contribution in [2.75, 3.05) is 13.1 Å². The van der Waals surface area contributed by atoms with E-state index in [2.05, 4.69) is 11.0 Å². The highest BCUT2D eigenvalue weighted by Gasteiger charge is 2.33. The molecule has 1 heterocycles. The molecule has 0 N–H and O–H groups in total. The van der Waals surface area contributed by atoms with Crippen LogP contribution in [0.4, 0.5) is 5.69 Å². The summed E-state index contributed by atoms with van der Waals surface area (Å²) in [5.74, 6) is 0. The highest BCUT2D eigenvalue weighted by atomic mass is 16.6. The maximum Gasteiger partial charge on any atom is 0.272 e. The fraction of sp³-hybridized carbons (Fsp3) is 0.538. The van der Waals surface area contributed by atoms with Crippen LogP contribution >= 0.6 is 0 Å². The summed E-state index contributed by atoms with van der Waals surface area (Å²) in [6, 6.07) is 5.95. The van der Waals surface area contributed by atoms with Gasteiger partial charge in [0.25, 0.3) is 5.69 Å². The van der Waals surface area contributed by atoms with Crippen molar-refractivity contribution < 1.29 is 4.92 Å². The number of nitro benzene ring substituents is 1. The molecule has 17 heavy (non-hydrogen) atoms. The minimum Gasteiger partial charge on any atom is -0.296 e. The molecule has 90 valence electrons. The minimum atomic E-state index is -0.245. The molecule has 0 amide bonds. The average Bonchev–Trinajstić information content (AvgIpc) is 2.96. The zero-order valence-corrected chi connectivity index (χ0v) is 9.76. The summed E-state index contributed by atoms with van der Waals surface area (Å²) in [6.07, 6.45) is 4.43. The van der Waals surface area contributed by atoms with Gasteiger partial charge < -0.3 is 0 Å². The topological polar surface area (TPSA) is 46.4 Å². The number of hydrogen-bond acceptors (Lipinski definition) is 3. The monoisotopic (exact) mass is 232 g/mol. The van der Waals surface area contributed by atoms with E-state index in [4.69, 9.17) is 0 Å². The lowest BCUT2D eigenvalue weighted by atomic mass is 10.1. The van der Waals surface area contributed by atoms with Gasteiger partial charge in [-0.3, -0.25) is 15.0 Å². The van der Waals surface area contributed by atoms with Crippen molar-refractivity contribution in [1.82, 2.24) is 4.90 Å². The molecule has 4 nitrogen and oxygen atoms in total. The second kappa shape index (κ2) is 4.11. The van der Waals surface area contributed by atoms with Crippen molar-refractivity contribution in [3.8, 4) is 0 Å². The van der Waals surface area contributed by atoms with Crippen molar-refractivity contribution in [1.29, 1.82) is 0 Å². The van der Waals surface area contributed by atoms with Gasteiger partial charge in [-0.15, -0.1) is 0 Å². The number of rotatable bonds is 2. The Hall–Kier alpha value is -1.42. The van der Waals surface area contributed by atoms with E-state index in [0.717, 1.165) is 31.5 Å². The van der Waals surface area contributed by atoms with E-state index in [9.17, 15) is 10.1 Å². The third kappa shape index (κ3) is 1.72. The molecule has 1 aromatic carbocycles. The Bertz CT molecular complexity index is 453. The van der Waals surface area contributed by atoms with Gasteiger partial charge in [-0.25, -0.2) is 0 Å². The molecule has 0 saturated carbocycles. The Morgan fingerprint density at radius 2 is 2.06 bits per heavy atom. The van der Waals surface area contributed by atoms with Gasteiger partial charge in [-0.1, -0.05) is 12.1 Å². The Morgan fingerprint density at radius 1 is 1.29 bits per heavy atom. The first-order valence-electron chi connectivity index (χ1n) is 6.27. The first-order valence-corrected chi connectivity index (χ1v) is 6.27. The normalized spacial score (nSPS) is 23.9. The molecule has 1 saturated heterocycles. The first-order chi connectivity index (χ1) is 8.27. The number of benzene rings is 1. The predicted molar refractivity (Wildman–Crippen MR) is 65.0 cm³/mol. The van der Waals surface area contributed by atoms with E-state index in [1.807, 2.05) is 6.07 Å². The Balaban J connectivity index is 1.97. The highest BCUT2D eigenvalue weighted by Crippen LogP contribution is 2.41. The third-order valence-corrected chi connectivity index (χ3v) is 3.99. The first kappa shape index (κ1) is 10.7. The van der Waals surface area contributed by atoms with Gasteiger partial charge in [0.1, 0.15) is 0 Å². The van der Waals surface area contributed by atoms with E-state index in [0.29, 0.717) is 11.7 Å². The van der Waals surface area contributed by atoms with Crippen molar-refractivity contribution in [2.45, 2.75) is 31.7 Å². The lowest BCUT2D eigenvalue weighted by Gasteiger charge is -2.23. The van der Waals surface area contributed by atoms with Gasteiger partial charge in [-0.05, 0) is 44.3 Å². The van der Waals surface area contributed by atoms with Crippen LogP contribution in [-0.4, -0.2) is 22.9 Å². The number of fused-ring (bicyclic) bond motifs is 1. The summed E-state index contributed by atoms with van der Waals surface area (Å²) in [4.78, 5) is 13.2. The van der Waals surface area contributed by atoms with Gasteiger partial charge in [-0.2, -0.15) is 0 Å². The Labute approximate surface area is 100 Å². The molecule has 0 radical (unpaired) electrons. The van der Waals surface area contributed by atoms with E-state index in [1.54, 1.807) is 6.07 Å². The summed E-state index contributed by atoms with van der Waals surface area (Å²) < 4.78 is 0. The molecule has 1 aromatic rings. The lowest BCUT2D eigenvalue weighted by Crippen LogP contribution is -2.23. The number of nitrogens with zero attached hydrogens (tertiary/aromatic N) is 2. The Kier molecular flexibility index (Phi) is 2.59. The van der Waals surface area contributed by atoms with Crippen LogP contribution in [0.1, 0.15) is 36.4 Å². The van der Waals surface area contributed by atoms with Gasteiger partial charge >= 0.3 is 0 Å². The summed E-state index contributed by atoms with van der Waals surface area (Å²) >= 11 is 0. The number of likely N-dealkylation sites (tertiary alicyclic amines) is 1. The second-order valence-electron chi connectivity index (χ2n) is 4.90. The molecule has 1 aliphatic carbocycles. The molecule has 0 bridgehead atoms. The summed E-state index contributed by atoms with van der Waals surface area (Å²) in [7, 11) is 0. The van der Waals surface area contributed by atoms with Gasteiger partial charge in [0.2, 0.25) is 0 Å². The van der Waals surface area contributed by atoms with Crippen LogP contribution in [0.2, 0.25) is 0 Å². The number of hydrogen-bond donors (Lipinski definition) is 0. The fourth-order valence-electron chi connectivity index (χ4n) is 3.22. The number of nitro groups is 1. The average molecular weight is 232 g/mol. The molecule has 1 atom stereocenters. The van der Waals surface area contributed by atoms with Crippen LogP contribution in [0.25, 0.3) is 0 Å². The van der Waals surface area contributed by atoms with E-state index in [-0.39, 0.29) is 4.92 Å². The third-order valence-electron chi connectivity index (χ3n) is 3.99. The van der Waals surface area contributed by atoms with Gasteiger partial charge in [0.15, 0.2) is 0 Å². The summed E-state index contributed by atoms with van der Waals surface area (Å²) in [5, 5.41) is 11.0. The summed E-state index contributed by atoms with van der Waals surface area (Å²) in [6.45, 7) is 2.29. The standard InChI is InChI=1S/C13H16N2O2/c16-15(17)13-5-3-4-10-11(13)6-7-12(10)14-8-1-2-9-14/h3-5,12H,1-2,6-9H2. The van der Waals surface area contributed by atoms with Crippen LogP contribution in [0, 0.1) is 10.1 Å². The largest absolute Gasteiger partial charge is 0.296 e. The SMILES string of the molecule is O=[N+]([O-])c1cccc2c1CCC2N1CCCC1. The lowest BCUT2D eigenvalue weighted by molar-refractivity contribution is -0.385. The minimum absolute atomic E-state index is 0.245. The molecule has 4 heteroatoms. The van der Waals surface area contributed by atoms with Gasteiger partial charge in [0, 0.05) is 17.7 Å². The summed E-state index contributed by atoms with van der Waals surface area (Å²) in [5.41, 5.74) is 2.47. The van der Waals surface area contributed by atoms with E-state index < -0.39 is 0 Å². The maximum atomic E-state index is 11.0. The predicted octanol–water partition coefficient (Wildman–Crippen LogP) is 2.68. The molecule has 0 aromatic heterocycles. The molecular weight excluding hydrogens is 216 g/mol. The maximum absolute atomic E-state index is 11.0. The van der Waals surface area contributed by atoms with Crippen LogP contribution in [-0.2, 0) is 6.42 Å². The van der Waals surface area contributed by atoms with Crippen LogP contribution in [0.15, 0.2) is 18.2 Å². The highest BCUT2D eigenvalue weighted by molar-refractivity contribution is 5.49. The zero-order chi connectivity index (χ0) is 11.8. The van der Waals surface area contributed by atoms with E-state index >= 15 is 0 Å². The van der Waals surface area contributed by atoms with Crippen molar-refractivity contribution in [3.05, 3.63) is 39.4 Å². The Morgan fingerprint density at radius 3 is 2.76 bits per heavy atom. The molecular formula is C13H16N2O2. The fourth-order valence-corrected chi connectivity index (χ4v) is 3.22. The quantitative estimate of drug-likeness (QED) is 0.581. The molecule has 3 rings (SSSR count). The molecule has 1 aliphatic heterocycles. The van der Waals surface area contributed by atoms with Crippen molar-refractivity contribution >= 4 is 5.69 Å². The smallest absolute Gasteiger partial charge is 0.272 e. The van der Waals surface area contributed by atoms with Crippen LogP contribution in [0.5, 0.6) is 0 Å². The molecule has 1 unspecified atom stereocenters. The zero-order valence-electron chi connectivity index (χ0n) is 9.76. The van der Waals surface area contributed by atoms with Crippen molar-refractivity contribution in [2.24, 2.45) is 0 Å². The molecule has 0 spiro atoms. The second-order valence-corrected chi connectivity index (χ2v) is 4.90.